The van der Waals surface area contributed by atoms with Crippen molar-refractivity contribution in [3.05, 3.63) is 212 Å². The molecule has 0 spiro atoms. The van der Waals surface area contributed by atoms with E-state index in [1.807, 2.05) is 72.9 Å². The summed E-state index contributed by atoms with van der Waals surface area (Å²) >= 11 is 0. The molecule has 6 heteroatoms. The van der Waals surface area contributed by atoms with Gasteiger partial charge in [-0.15, -0.1) is 0 Å². The van der Waals surface area contributed by atoms with E-state index in [-0.39, 0.29) is 0 Å². The van der Waals surface area contributed by atoms with Gasteiger partial charge in [-0.3, -0.25) is 4.98 Å². The summed E-state index contributed by atoms with van der Waals surface area (Å²) < 4.78 is 9.11. The molecule has 62 heavy (non-hydrogen) atoms. The maximum absolute atomic E-state index is 6.77. The highest BCUT2D eigenvalue weighted by Crippen LogP contribution is 2.43. The molecule has 0 atom stereocenters. The molecule has 12 aromatic rings. The van der Waals surface area contributed by atoms with Crippen molar-refractivity contribution in [2.45, 2.75) is 0 Å². The van der Waals surface area contributed by atoms with Gasteiger partial charge in [0.25, 0.3) is 0 Å². The molecule has 0 saturated carbocycles. The third-order valence-corrected chi connectivity index (χ3v) is 11.7. The number of hydrogen-bond acceptors (Lipinski definition) is 5. The fourth-order valence-corrected chi connectivity index (χ4v) is 8.87. The van der Waals surface area contributed by atoms with Gasteiger partial charge in [0.15, 0.2) is 17.5 Å². The molecule has 0 fully saturated rings. The van der Waals surface area contributed by atoms with Crippen LogP contribution in [-0.2, 0) is 0 Å². The topological polar surface area (TPSA) is 69.6 Å². The van der Waals surface area contributed by atoms with Crippen molar-refractivity contribution in [1.29, 1.82) is 0 Å². The molecule has 0 radical (unpaired) electrons. The first-order valence-corrected chi connectivity index (χ1v) is 20.7. The Kier molecular flexibility index (Phi) is 8.38. The second kappa shape index (κ2) is 14.7. The molecule has 0 aliphatic rings. The molecular formula is C56H35N5O. The highest BCUT2D eigenvalue weighted by molar-refractivity contribution is 6.27. The molecule has 0 unspecified atom stereocenters. The van der Waals surface area contributed by atoms with E-state index in [9.17, 15) is 0 Å². The zero-order chi connectivity index (χ0) is 41.0. The van der Waals surface area contributed by atoms with Gasteiger partial charge in [-0.05, 0) is 65.2 Å². The van der Waals surface area contributed by atoms with Crippen LogP contribution in [0.3, 0.4) is 0 Å². The van der Waals surface area contributed by atoms with Crippen molar-refractivity contribution in [3.63, 3.8) is 0 Å². The monoisotopic (exact) mass is 793 g/mol. The van der Waals surface area contributed by atoms with Gasteiger partial charge in [0.05, 0.1) is 16.7 Å². The van der Waals surface area contributed by atoms with Gasteiger partial charge in [-0.1, -0.05) is 158 Å². The third kappa shape index (κ3) is 5.96. The maximum Gasteiger partial charge on any atom is 0.166 e. The van der Waals surface area contributed by atoms with Crippen molar-refractivity contribution < 1.29 is 4.42 Å². The fraction of sp³-hybridized carbons (Fsp3) is 0. The zero-order valence-corrected chi connectivity index (χ0v) is 33.4. The van der Waals surface area contributed by atoms with Crippen molar-refractivity contribution >= 4 is 43.7 Å². The molecule has 0 saturated heterocycles. The average Bonchev–Trinajstić information content (AvgIpc) is 3.90. The molecule has 0 aliphatic heterocycles. The van der Waals surface area contributed by atoms with Crippen LogP contribution in [-0.4, -0.2) is 24.5 Å². The number of hydrogen-bond donors (Lipinski definition) is 0. The van der Waals surface area contributed by atoms with Crippen LogP contribution in [0.4, 0.5) is 0 Å². The minimum atomic E-state index is 0.527. The summed E-state index contributed by atoms with van der Waals surface area (Å²) in [7, 11) is 0. The number of rotatable bonds is 7. The molecule has 12 rings (SSSR count). The van der Waals surface area contributed by atoms with Crippen molar-refractivity contribution in [2.24, 2.45) is 0 Å². The SMILES string of the molecule is c1ccc(-c2nc(-c3ccccc3)nc(-c3cc(-c4ccccc4-c4ccccc4)cnc3-c3ccc4c(c3)oc3ccc5c(c6ccccc6n5-c5ccccc5)c34)n2)cc1. The molecule has 8 aromatic carbocycles. The maximum atomic E-state index is 6.77. The minimum absolute atomic E-state index is 0.527. The van der Waals surface area contributed by atoms with Crippen LogP contribution in [0.2, 0.25) is 0 Å². The highest BCUT2D eigenvalue weighted by atomic mass is 16.3. The minimum Gasteiger partial charge on any atom is -0.456 e. The molecule has 0 bridgehead atoms. The lowest BCUT2D eigenvalue weighted by Gasteiger charge is -2.15. The Morgan fingerprint density at radius 1 is 0.355 bits per heavy atom. The zero-order valence-electron chi connectivity index (χ0n) is 33.4. The van der Waals surface area contributed by atoms with Gasteiger partial charge in [-0.25, -0.2) is 15.0 Å². The number of para-hydroxylation sites is 2. The van der Waals surface area contributed by atoms with Crippen LogP contribution in [0.25, 0.3) is 117 Å². The largest absolute Gasteiger partial charge is 0.456 e. The number of pyridine rings is 1. The summed E-state index contributed by atoms with van der Waals surface area (Å²) in [5.41, 5.74) is 13.5. The van der Waals surface area contributed by atoms with Crippen LogP contribution < -0.4 is 0 Å². The van der Waals surface area contributed by atoms with Crippen molar-refractivity contribution in [3.8, 4) is 73.4 Å². The lowest BCUT2D eigenvalue weighted by atomic mass is 9.93. The molecular weight excluding hydrogens is 759 g/mol. The third-order valence-electron chi connectivity index (χ3n) is 11.7. The Labute approximate surface area is 357 Å². The number of aromatic nitrogens is 5. The Morgan fingerprint density at radius 3 is 1.63 bits per heavy atom. The van der Waals surface area contributed by atoms with E-state index in [1.165, 1.54) is 10.8 Å². The lowest BCUT2D eigenvalue weighted by molar-refractivity contribution is 0.669. The highest BCUT2D eigenvalue weighted by Gasteiger charge is 2.22. The van der Waals surface area contributed by atoms with E-state index in [0.29, 0.717) is 17.5 Å². The first-order valence-electron chi connectivity index (χ1n) is 20.7. The second-order valence-corrected chi connectivity index (χ2v) is 15.4. The first-order chi connectivity index (χ1) is 30.7. The van der Waals surface area contributed by atoms with E-state index in [4.69, 9.17) is 24.4 Å². The standard InChI is InChI=1S/C56H35N5O/c1-5-17-36(18-6-1)42-25-13-14-26-43(42)40-33-46(56-59-54(37-19-7-2-8-20-37)58-55(60-56)38-21-9-3-10-22-38)53(57-35-40)39-29-30-45-50(34-39)62-49-32-31-48-51(52(45)49)44-27-15-16-28-47(44)61(48)41-23-11-4-12-24-41/h1-35H. The number of furan rings is 1. The van der Waals surface area contributed by atoms with Crippen molar-refractivity contribution in [2.75, 3.05) is 0 Å². The molecule has 4 aromatic heterocycles. The molecule has 6 nitrogen and oxygen atoms in total. The Morgan fingerprint density at radius 2 is 0.935 bits per heavy atom. The molecule has 0 amide bonds. The van der Waals surface area contributed by atoms with E-state index in [0.717, 1.165) is 88.9 Å². The number of fused-ring (bicyclic) bond motifs is 7. The van der Waals surface area contributed by atoms with Gasteiger partial charge in [0, 0.05) is 61.2 Å². The summed E-state index contributed by atoms with van der Waals surface area (Å²) in [6, 6.07) is 71.1. The average molecular weight is 794 g/mol. The molecule has 0 N–H and O–H groups in total. The van der Waals surface area contributed by atoms with Crippen molar-refractivity contribution in [1.82, 2.24) is 24.5 Å². The Balaban J connectivity index is 1.09. The van der Waals surface area contributed by atoms with Crippen LogP contribution in [0.1, 0.15) is 0 Å². The van der Waals surface area contributed by atoms with E-state index < -0.39 is 0 Å². The molecule has 0 aliphatic carbocycles. The van der Waals surface area contributed by atoms with E-state index >= 15 is 0 Å². The first kappa shape index (κ1) is 35.5. The number of nitrogens with zero attached hydrogens (tertiary/aromatic N) is 5. The summed E-state index contributed by atoms with van der Waals surface area (Å²) in [5, 5.41) is 4.48. The van der Waals surface area contributed by atoms with Crippen LogP contribution in [0.5, 0.6) is 0 Å². The van der Waals surface area contributed by atoms with E-state index in [2.05, 4.69) is 144 Å². The van der Waals surface area contributed by atoms with Crippen LogP contribution in [0.15, 0.2) is 217 Å². The summed E-state index contributed by atoms with van der Waals surface area (Å²) in [6.45, 7) is 0. The predicted molar refractivity (Wildman–Crippen MR) is 252 cm³/mol. The Bertz CT molecular complexity index is 3560. The van der Waals surface area contributed by atoms with Gasteiger partial charge in [-0.2, -0.15) is 0 Å². The van der Waals surface area contributed by atoms with Gasteiger partial charge in [0.1, 0.15) is 11.2 Å². The van der Waals surface area contributed by atoms with Crippen LogP contribution >= 0.6 is 0 Å². The van der Waals surface area contributed by atoms with Gasteiger partial charge in [0.2, 0.25) is 0 Å². The summed E-state index contributed by atoms with van der Waals surface area (Å²) in [4.78, 5) is 20.7. The van der Waals surface area contributed by atoms with Gasteiger partial charge >= 0.3 is 0 Å². The fourth-order valence-electron chi connectivity index (χ4n) is 8.87. The summed E-state index contributed by atoms with van der Waals surface area (Å²) in [6.07, 6.45) is 1.96. The molecule has 290 valence electrons. The van der Waals surface area contributed by atoms with Crippen LogP contribution in [0, 0.1) is 0 Å². The Hall–Kier alpha value is -8.48. The smallest absolute Gasteiger partial charge is 0.166 e. The van der Waals surface area contributed by atoms with E-state index in [1.54, 1.807) is 0 Å². The number of benzene rings is 8. The van der Waals surface area contributed by atoms with Gasteiger partial charge < -0.3 is 8.98 Å². The quantitative estimate of drug-likeness (QED) is 0.161. The predicted octanol–water partition coefficient (Wildman–Crippen LogP) is 14.3. The second-order valence-electron chi connectivity index (χ2n) is 15.4. The lowest BCUT2D eigenvalue weighted by Crippen LogP contribution is -2.02. The molecule has 4 heterocycles. The normalized spacial score (nSPS) is 11.5. The summed E-state index contributed by atoms with van der Waals surface area (Å²) in [5.74, 6) is 1.70.